The summed E-state index contributed by atoms with van der Waals surface area (Å²) in [4.78, 5) is 19.3. The van der Waals surface area contributed by atoms with Crippen molar-refractivity contribution in [3.8, 4) is 0 Å². The number of benzene rings is 3. The van der Waals surface area contributed by atoms with Gasteiger partial charge >= 0.3 is 0 Å². The van der Waals surface area contributed by atoms with Gasteiger partial charge in [-0.15, -0.1) is 11.3 Å². The summed E-state index contributed by atoms with van der Waals surface area (Å²) in [5.74, 6) is -0.0786. The quantitative estimate of drug-likeness (QED) is 0.284. The first-order valence-corrected chi connectivity index (χ1v) is 13.6. The fourth-order valence-corrected chi connectivity index (χ4v) is 5.96. The van der Waals surface area contributed by atoms with Gasteiger partial charge in [0.05, 0.1) is 6.04 Å². The summed E-state index contributed by atoms with van der Waals surface area (Å²) in [5.41, 5.74) is 4.26. The number of thiophene rings is 1. The molecule has 184 valence electrons. The minimum absolute atomic E-state index is 0.0304. The molecular formula is C30H30ClN3OS. The molecule has 1 N–H and O–H groups in total. The number of hydrogen-bond acceptors (Lipinski definition) is 4. The van der Waals surface area contributed by atoms with Crippen LogP contribution in [-0.4, -0.2) is 37.0 Å². The average Bonchev–Trinajstić information content (AvgIpc) is 3.33. The third-order valence-electron chi connectivity index (χ3n) is 6.70. The van der Waals surface area contributed by atoms with E-state index in [4.69, 9.17) is 11.6 Å². The fourth-order valence-electron chi connectivity index (χ4n) is 4.81. The molecular weight excluding hydrogens is 486 g/mol. The van der Waals surface area contributed by atoms with Gasteiger partial charge in [0.25, 0.3) is 5.91 Å². The molecule has 4 aromatic rings. The van der Waals surface area contributed by atoms with Crippen molar-refractivity contribution in [3.05, 3.63) is 118 Å². The van der Waals surface area contributed by atoms with Gasteiger partial charge in [-0.25, -0.2) is 0 Å². The number of piperazine rings is 1. The van der Waals surface area contributed by atoms with Gasteiger partial charge < -0.3 is 10.2 Å². The normalized spacial score (nSPS) is 15.0. The molecule has 0 saturated carbocycles. The Labute approximate surface area is 222 Å². The molecule has 3 aromatic carbocycles. The van der Waals surface area contributed by atoms with E-state index in [0.29, 0.717) is 5.56 Å². The van der Waals surface area contributed by atoms with Gasteiger partial charge in [0.2, 0.25) is 0 Å². The number of aryl methyl sites for hydroxylation is 1. The van der Waals surface area contributed by atoms with E-state index < -0.39 is 0 Å². The third-order valence-corrected chi connectivity index (χ3v) is 8.17. The predicted octanol–water partition coefficient (Wildman–Crippen LogP) is 7.13. The molecule has 0 aliphatic carbocycles. The highest BCUT2D eigenvalue weighted by molar-refractivity contribution is 7.16. The second kappa shape index (κ2) is 11.3. The van der Waals surface area contributed by atoms with Crippen LogP contribution >= 0.6 is 22.9 Å². The maximum atomic E-state index is 13.1. The summed E-state index contributed by atoms with van der Waals surface area (Å²) in [7, 11) is 0. The van der Waals surface area contributed by atoms with Crippen molar-refractivity contribution in [2.75, 3.05) is 36.4 Å². The molecule has 0 radical (unpaired) electrons. The van der Waals surface area contributed by atoms with Gasteiger partial charge in [0, 0.05) is 52.9 Å². The second-order valence-corrected chi connectivity index (χ2v) is 10.6. The van der Waals surface area contributed by atoms with Crippen molar-refractivity contribution >= 4 is 39.5 Å². The number of halogens is 1. The monoisotopic (exact) mass is 515 g/mol. The molecule has 1 aliphatic rings. The Morgan fingerprint density at radius 2 is 1.56 bits per heavy atom. The standard InChI is InChI=1S/C30H30ClN3OS/c1-2-26-21-27(30(36-26)32-29(35)23-9-5-3-6-10-23)28(22-13-15-24(31)16-14-22)34-19-17-33(18-20-34)25-11-7-4-8-12-25/h3-16,21,28H,2,17-20H2,1H3,(H,32,35)/t28-/m1/s1. The van der Waals surface area contributed by atoms with Gasteiger partial charge in [-0.2, -0.15) is 0 Å². The van der Waals surface area contributed by atoms with E-state index in [9.17, 15) is 4.79 Å². The number of anilines is 2. The summed E-state index contributed by atoms with van der Waals surface area (Å²) >= 11 is 7.93. The number of carbonyl (C=O) groups excluding carboxylic acids is 1. The maximum Gasteiger partial charge on any atom is 0.256 e. The Bertz CT molecular complexity index is 1280. The van der Waals surface area contributed by atoms with E-state index in [1.807, 2.05) is 42.5 Å². The van der Waals surface area contributed by atoms with Crippen molar-refractivity contribution in [1.82, 2.24) is 4.90 Å². The van der Waals surface area contributed by atoms with Crippen LogP contribution in [0.1, 0.15) is 39.3 Å². The Kier molecular flexibility index (Phi) is 7.71. The van der Waals surface area contributed by atoms with E-state index in [1.165, 1.54) is 16.1 Å². The number of nitrogens with zero attached hydrogens (tertiary/aromatic N) is 2. The smallest absolute Gasteiger partial charge is 0.256 e. The van der Waals surface area contributed by atoms with Crippen LogP contribution in [0.3, 0.4) is 0 Å². The molecule has 6 heteroatoms. The van der Waals surface area contributed by atoms with Gasteiger partial charge in [0.15, 0.2) is 0 Å². The number of amides is 1. The molecule has 1 atom stereocenters. The van der Waals surface area contributed by atoms with Crippen molar-refractivity contribution in [2.45, 2.75) is 19.4 Å². The van der Waals surface area contributed by atoms with E-state index in [2.05, 4.69) is 70.6 Å². The molecule has 1 aliphatic heterocycles. The molecule has 1 aromatic heterocycles. The molecule has 0 unspecified atom stereocenters. The van der Waals surface area contributed by atoms with Crippen LogP contribution in [0.15, 0.2) is 91.0 Å². The lowest BCUT2D eigenvalue weighted by Gasteiger charge is -2.40. The first kappa shape index (κ1) is 24.6. The third kappa shape index (κ3) is 5.49. The Hall–Kier alpha value is -3.12. The van der Waals surface area contributed by atoms with Crippen LogP contribution in [0, 0.1) is 0 Å². The van der Waals surface area contributed by atoms with Crippen LogP contribution < -0.4 is 10.2 Å². The van der Waals surface area contributed by atoms with E-state index in [1.54, 1.807) is 11.3 Å². The van der Waals surface area contributed by atoms with E-state index >= 15 is 0 Å². The molecule has 0 bridgehead atoms. The van der Waals surface area contributed by atoms with Crippen LogP contribution in [0.5, 0.6) is 0 Å². The average molecular weight is 516 g/mol. The zero-order valence-electron chi connectivity index (χ0n) is 20.4. The van der Waals surface area contributed by atoms with Crippen molar-refractivity contribution in [1.29, 1.82) is 0 Å². The minimum atomic E-state index is -0.0786. The summed E-state index contributed by atoms with van der Waals surface area (Å²) in [6.07, 6.45) is 0.925. The maximum absolute atomic E-state index is 13.1. The highest BCUT2D eigenvalue weighted by Crippen LogP contribution is 2.40. The lowest BCUT2D eigenvalue weighted by Crippen LogP contribution is -2.48. The summed E-state index contributed by atoms with van der Waals surface area (Å²) in [6, 6.07) is 30.5. The van der Waals surface area contributed by atoms with Crippen LogP contribution in [-0.2, 0) is 6.42 Å². The lowest BCUT2D eigenvalue weighted by molar-refractivity contribution is 0.102. The highest BCUT2D eigenvalue weighted by Gasteiger charge is 2.30. The van der Waals surface area contributed by atoms with Gasteiger partial charge in [-0.3, -0.25) is 9.69 Å². The SMILES string of the molecule is CCc1cc([C@@H](c2ccc(Cl)cc2)N2CCN(c3ccccc3)CC2)c(NC(=O)c2ccccc2)s1. The Balaban J connectivity index is 1.47. The van der Waals surface area contributed by atoms with Crippen LogP contribution in [0.25, 0.3) is 0 Å². The summed E-state index contributed by atoms with van der Waals surface area (Å²) < 4.78 is 0. The Morgan fingerprint density at radius 1 is 0.917 bits per heavy atom. The molecule has 0 spiro atoms. The highest BCUT2D eigenvalue weighted by atomic mass is 35.5. The summed E-state index contributed by atoms with van der Waals surface area (Å²) in [5, 5.41) is 4.88. The zero-order chi connectivity index (χ0) is 24.9. The molecule has 1 fully saturated rings. The van der Waals surface area contributed by atoms with Crippen molar-refractivity contribution in [2.24, 2.45) is 0 Å². The summed E-state index contributed by atoms with van der Waals surface area (Å²) in [6.45, 7) is 5.90. The number of rotatable bonds is 7. The van der Waals surface area contributed by atoms with Crippen LogP contribution in [0.4, 0.5) is 10.7 Å². The number of carbonyl (C=O) groups is 1. The first-order chi connectivity index (χ1) is 17.6. The number of hydrogen-bond donors (Lipinski definition) is 1. The van der Waals surface area contributed by atoms with E-state index in [-0.39, 0.29) is 11.9 Å². The van der Waals surface area contributed by atoms with E-state index in [0.717, 1.165) is 48.2 Å². The second-order valence-electron chi connectivity index (χ2n) is 8.98. The number of para-hydroxylation sites is 1. The fraction of sp³-hybridized carbons (Fsp3) is 0.233. The molecule has 1 saturated heterocycles. The molecule has 1 amide bonds. The lowest BCUT2D eigenvalue weighted by atomic mass is 9.97. The first-order valence-electron chi connectivity index (χ1n) is 12.4. The van der Waals surface area contributed by atoms with Crippen molar-refractivity contribution in [3.63, 3.8) is 0 Å². The minimum Gasteiger partial charge on any atom is -0.369 e. The predicted molar refractivity (Wildman–Crippen MR) is 152 cm³/mol. The van der Waals surface area contributed by atoms with Crippen LogP contribution in [0.2, 0.25) is 5.02 Å². The van der Waals surface area contributed by atoms with Gasteiger partial charge in [-0.05, 0) is 54.4 Å². The molecule has 36 heavy (non-hydrogen) atoms. The Morgan fingerprint density at radius 3 is 2.19 bits per heavy atom. The van der Waals surface area contributed by atoms with Gasteiger partial charge in [-0.1, -0.05) is 67.1 Å². The largest absolute Gasteiger partial charge is 0.369 e. The van der Waals surface area contributed by atoms with Crippen molar-refractivity contribution < 1.29 is 4.79 Å². The number of nitrogens with one attached hydrogen (secondary N) is 1. The van der Waals surface area contributed by atoms with Gasteiger partial charge in [0.1, 0.15) is 5.00 Å². The topological polar surface area (TPSA) is 35.6 Å². The molecule has 4 nitrogen and oxygen atoms in total. The molecule has 5 rings (SSSR count). The zero-order valence-corrected chi connectivity index (χ0v) is 21.9. The molecule has 2 heterocycles.